The van der Waals surface area contributed by atoms with Crippen LogP contribution >= 0.6 is 0 Å². The Labute approximate surface area is 326 Å². The zero-order valence-electron chi connectivity index (χ0n) is 30.7. The number of carbonyl (C=O) groups excluding carboxylic acids is 2. The smallest absolute Gasteiger partial charge is 1.00 e. The molecule has 0 fully saturated rings. The van der Waals surface area contributed by atoms with Crippen molar-refractivity contribution in [2.24, 2.45) is 0 Å². The second-order valence-corrected chi connectivity index (χ2v) is 12.1. The van der Waals surface area contributed by atoms with Crippen LogP contribution in [-0.2, 0) is 9.59 Å². The fourth-order valence-corrected chi connectivity index (χ4v) is 5.28. The Kier molecular flexibility index (Phi) is 56.2. The molecule has 0 aliphatic heterocycles. The van der Waals surface area contributed by atoms with Crippen molar-refractivity contribution >= 4 is 87.4 Å². The first kappa shape index (κ1) is 50.3. The van der Waals surface area contributed by atoms with Gasteiger partial charge in [-0.1, -0.05) is 194 Å². The van der Waals surface area contributed by atoms with Crippen molar-refractivity contribution < 1.29 is 22.7 Å². The molecule has 0 aromatic carbocycles. The Hall–Kier alpha value is 1.46. The van der Waals surface area contributed by atoms with E-state index in [1.165, 1.54) is 167 Å². The van der Waals surface area contributed by atoms with Gasteiger partial charge in [-0.3, -0.25) is 0 Å². The normalized spacial score (nSPS) is 10.3. The number of aliphatic carboxylic acids is 2. The average molecular weight is 649 g/mol. The van der Waals surface area contributed by atoms with Gasteiger partial charge in [-0.2, -0.15) is 0 Å². The van der Waals surface area contributed by atoms with E-state index in [4.69, 9.17) is 0 Å². The van der Waals surface area contributed by atoms with Crippen molar-refractivity contribution in [1.82, 2.24) is 0 Å². The van der Waals surface area contributed by atoms with E-state index in [9.17, 15) is 19.8 Å². The minimum Gasteiger partial charge on any atom is -1.00 e. The Morgan fingerprint density at radius 3 is 0.619 bits per heavy atom. The van der Waals surface area contributed by atoms with E-state index < -0.39 is 11.9 Å². The van der Waals surface area contributed by atoms with Crippen LogP contribution in [-0.4, -0.2) is 87.4 Å². The van der Waals surface area contributed by atoms with Gasteiger partial charge in [0.15, 0.2) is 0 Å². The van der Waals surface area contributed by atoms with Crippen LogP contribution in [0.1, 0.15) is 222 Å². The summed E-state index contributed by atoms with van der Waals surface area (Å²) in [5, 5.41) is 20.4. The maximum absolute atomic E-state index is 10.2. The van der Waals surface area contributed by atoms with Crippen LogP contribution < -0.4 is 10.2 Å². The van der Waals surface area contributed by atoms with Crippen LogP contribution in [0.4, 0.5) is 0 Å². The van der Waals surface area contributed by atoms with E-state index in [-0.39, 0.29) is 91.2 Å². The molecule has 0 saturated heterocycles. The number of unbranched alkanes of at least 4 members (excludes halogenated alkanes) is 28. The standard InChI is InChI=1S/2C18H36O2.2Ca.2H/c2*1-2-3-4-5-6-7-8-9-10-11-12-13-14-15-16-17-18(19)20;;;;/h2*2-17H2,1H3,(H,19,20);;;;/q;;2*+2;2*-1/p-2. The summed E-state index contributed by atoms with van der Waals surface area (Å²) in [5.41, 5.74) is 0. The van der Waals surface area contributed by atoms with Crippen LogP contribution in [0.5, 0.6) is 0 Å². The van der Waals surface area contributed by atoms with E-state index in [2.05, 4.69) is 13.8 Å². The summed E-state index contributed by atoms with van der Waals surface area (Å²) in [7, 11) is 0. The number of hydrogen-bond acceptors (Lipinski definition) is 4. The minimum absolute atomic E-state index is 0. The van der Waals surface area contributed by atoms with Gasteiger partial charge < -0.3 is 22.7 Å². The van der Waals surface area contributed by atoms with Crippen molar-refractivity contribution in [3.05, 3.63) is 0 Å². The van der Waals surface area contributed by atoms with Crippen LogP contribution in [0.15, 0.2) is 0 Å². The summed E-state index contributed by atoms with van der Waals surface area (Å²) in [6.45, 7) is 4.53. The topological polar surface area (TPSA) is 80.3 Å². The largest absolute Gasteiger partial charge is 2.00 e. The molecule has 4 nitrogen and oxygen atoms in total. The van der Waals surface area contributed by atoms with Gasteiger partial charge in [0.2, 0.25) is 0 Å². The SMILES string of the molecule is CCCCCCCCCCCCCCCCCC(=O)[O-].CCCCCCCCCCCCCCCCCC(=O)[O-].[Ca+2].[Ca+2].[H-].[H-]. The Morgan fingerprint density at radius 2 is 0.476 bits per heavy atom. The summed E-state index contributed by atoms with van der Waals surface area (Å²) >= 11 is 0. The molecule has 6 heteroatoms. The molecule has 244 valence electrons. The molecule has 0 saturated carbocycles. The maximum Gasteiger partial charge on any atom is 2.00 e. The molecule has 0 atom stereocenters. The third-order valence-corrected chi connectivity index (χ3v) is 7.97. The van der Waals surface area contributed by atoms with Crippen LogP contribution in [0, 0.1) is 0 Å². The third-order valence-electron chi connectivity index (χ3n) is 7.97. The predicted molar refractivity (Wildman–Crippen MR) is 183 cm³/mol. The van der Waals surface area contributed by atoms with Gasteiger partial charge in [0.25, 0.3) is 0 Å². The zero-order valence-corrected chi connectivity index (χ0v) is 33.1. The number of carboxylic acid groups (broad SMARTS) is 2. The molecule has 0 bridgehead atoms. The van der Waals surface area contributed by atoms with E-state index in [1.807, 2.05) is 0 Å². The van der Waals surface area contributed by atoms with Crippen LogP contribution in [0.3, 0.4) is 0 Å². The molecule has 0 rings (SSSR count). The number of carbonyl (C=O) groups is 2. The quantitative estimate of drug-likeness (QED) is 0.0538. The number of rotatable bonds is 32. The van der Waals surface area contributed by atoms with E-state index in [0.29, 0.717) is 0 Å². The molecule has 0 radical (unpaired) electrons. The molecule has 0 aromatic heterocycles. The summed E-state index contributed by atoms with van der Waals surface area (Å²) in [5.74, 6) is -1.81. The molecular weight excluding hydrogens is 577 g/mol. The molecule has 0 N–H and O–H groups in total. The van der Waals surface area contributed by atoms with Gasteiger partial charge in [0, 0.05) is 11.9 Å². The predicted octanol–water partition coefficient (Wildman–Crippen LogP) is 9.46. The molecule has 0 amide bonds. The van der Waals surface area contributed by atoms with Gasteiger partial charge in [-0.05, 0) is 25.7 Å². The monoisotopic (exact) mass is 648 g/mol. The first-order chi connectivity index (χ1) is 19.5. The second-order valence-electron chi connectivity index (χ2n) is 12.1. The molecule has 0 spiro atoms. The van der Waals surface area contributed by atoms with E-state index in [0.717, 1.165) is 25.7 Å². The van der Waals surface area contributed by atoms with Crippen LogP contribution in [0.2, 0.25) is 0 Å². The fraction of sp³-hybridized carbons (Fsp3) is 0.944. The third kappa shape index (κ3) is 54.0. The van der Waals surface area contributed by atoms with Crippen molar-refractivity contribution in [1.29, 1.82) is 0 Å². The zero-order chi connectivity index (χ0) is 29.8. The van der Waals surface area contributed by atoms with E-state index >= 15 is 0 Å². The minimum atomic E-state index is -0.903. The van der Waals surface area contributed by atoms with Crippen molar-refractivity contribution in [3.63, 3.8) is 0 Å². The fourth-order valence-electron chi connectivity index (χ4n) is 5.28. The van der Waals surface area contributed by atoms with Crippen molar-refractivity contribution in [2.45, 2.75) is 219 Å². The van der Waals surface area contributed by atoms with Crippen LogP contribution in [0.25, 0.3) is 0 Å². The Morgan fingerprint density at radius 1 is 0.333 bits per heavy atom. The molecule has 0 aromatic rings. The van der Waals surface area contributed by atoms with E-state index in [1.54, 1.807) is 0 Å². The summed E-state index contributed by atoms with van der Waals surface area (Å²) in [6.07, 6.45) is 39.7. The number of carboxylic acids is 2. The molecule has 0 aliphatic rings. The Balaban J connectivity index is -0.000000150. The summed E-state index contributed by atoms with van der Waals surface area (Å²) in [4.78, 5) is 20.4. The van der Waals surface area contributed by atoms with Gasteiger partial charge in [0.1, 0.15) is 0 Å². The first-order valence-electron chi connectivity index (χ1n) is 17.9. The second kappa shape index (κ2) is 46.9. The molecule has 42 heavy (non-hydrogen) atoms. The number of hydrogen-bond donors (Lipinski definition) is 0. The average Bonchev–Trinajstić information content (AvgIpc) is 2.93. The maximum atomic E-state index is 10.2. The molecule has 0 unspecified atom stereocenters. The summed E-state index contributed by atoms with van der Waals surface area (Å²) in [6, 6.07) is 0. The molecular formula is C36H72Ca2O4. The van der Waals surface area contributed by atoms with Crippen molar-refractivity contribution in [2.75, 3.05) is 0 Å². The first-order valence-corrected chi connectivity index (χ1v) is 17.9. The van der Waals surface area contributed by atoms with Crippen molar-refractivity contribution in [3.8, 4) is 0 Å². The van der Waals surface area contributed by atoms with Gasteiger partial charge in [0.05, 0.1) is 0 Å². The molecule has 0 aliphatic carbocycles. The summed E-state index contributed by atoms with van der Waals surface area (Å²) < 4.78 is 0. The Bertz CT molecular complexity index is 471. The van der Waals surface area contributed by atoms with Gasteiger partial charge in [-0.15, -0.1) is 0 Å². The molecule has 0 heterocycles. The van der Waals surface area contributed by atoms with Gasteiger partial charge in [-0.25, -0.2) is 0 Å². The van der Waals surface area contributed by atoms with Gasteiger partial charge >= 0.3 is 75.5 Å².